The van der Waals surface area contributed by atoms with Crippen molar-refractivity contribution in [3.63, 3.8) is 0 Å². The first kappa shape index (κ1) is 10.5. The summed E-state index contributed by atoms with van der Waals surface area (Å²) < 4.78 is 4.95. The van der Waals surface area contributed by atoms with Gasteiger partial charge in [-0.2, -0.15) is 4.98 Å². The number of nitrogens with zero attached hydrogens (tertiary/aromatic N) is 2. The Hall–Kier alpha value is -0.550. The van der Waals surface area contributed by atoms with Crippen molar-refractivity contribution in [2.45, 2.75) is 37.9 Å². The van der Waals surface area contributed by atoms with Crippen molar-refractivity contribution < 1.29 is 9.63 Å². The van der Waals surface area contributed by atoms with Crippen LogP contribution < -0.4 is 0 Å². The van der Waals surface area contributed by atoms with Gasteiger partial charge in [0, 0.05) is 4.75 Å². The van der Waals surface area contributed by atoms with E-state index in [9.17, 15) is 0 Å². The Morgan fingerprint density at radius 1 is 1.46 bits per heavy atom. The summed E-state index contributed by atoms with van der Waals surface area (Å²) in [6.07, 6.45) is 0. The molecule has 0 aliphatic heterocycles. The quantitative estimate of drug-likeness (QED) is 0.806. The summed E-state index contributed by atoms with van der Waals surface area (Å²) in [5, 5.41) is 12.4. The summed E-state index contributed by atoms with van der Waals surface area (Å²) in [6.45, 7) is 6.20. The van der Waals surface area contributed by atoms with Crippen LogP contribution in [0.15, 0.2) is 4.52 Å². The van der Waals surface area contributed by atoms with Crippen molar-refractivity contribution in [2.75, 3.05) is 0 Å². The second-order valence-corrected chi connectivity index (χ2v) is 5.47. The number of aliphatic hydroxyl groups excluding tert-OH is 1. The summed E-state index contributed by atoms with van der Waals surface area (Å²) in [6, 6.07) is 0. The molecule has 13 heavy (non-hydrogen) atoms. The van der Waals surface area contributed by atoms with Crippen molar-refractivity contribution >= 4 is 11.8 Å². The van der Waals surface area contributed by atoms with Crippen molar-refractivity contribution in [2.24, 2.45) is 0 Å². The van der Waals surface area contributed by atoms with Crippen molar-refractivity contribution in [1.29, 1.82) is 0 Å². The maximum absolute atomic E-state index is 8.68. The lowest BCUT2D eigenvalue weighted by atomic mass is 10.3. The van der Waals surface area contributed by atoms with E-state index in [1.807, 2.05) is 0 Å². The molecule has 1 rings (SSSR count). The molecule has 0 fully saturated rings. The van der Waals surface area contributed by atoms with Gasteiger partial charge in [0.15, 0.2) is 5.82 Å². The zero-order valence-electron chi connectivity index (χ0n) is 8.07. The smallest absolute Gasteiger partial charge is 0.252 e. The molecule has 0 saturated heterocycles. The Labute approximate surface area is 81.7 Å². The average molecular weight is 202 g/mol. The van der Waals surface area contributed by atoms with E-state index in [0.717, 1.165) is 0 Å². The zero-order valence-corrected chi connectivity index (χ0v) is 8.89. The lowest BCUT2D eigenvalue weighted by molar-refractivity contribution is 0.222. The van der Waals surface area contributed by atoms with E-state index < -0.39 is 0 Å². The van der Waals surface area contributed by atoms with E-state index in [4.69, 9.17) is 9.63 Å². The predicted octanol–water partition coefficient (Wildman–Crippen LogP) is 1.59. The van der Waals surface area contributed by atoms with Crippen LogP contribution in [0.2, 0.25) is 0 Å². The van der Waals surface area contributed by atoms with Crippen molar-refractivity contribution in [3.05, 3.63) is 11.7 Å². The Balaban J connectivity index is 2.46. The SMILES string of the molecule is CC(C)(C)SCc1noc(CO)n1. The van der Waals surface area contributed by atoms with E-state index >= 15 is 0 Å². The fourth-order valence-corrected chi connectivity index (χ4v) is 1.37. The third-order valence-electron chi connectivity index (χ3n) is 1.28. The second-order valence-electron chi connectivity index (χ2n) is 3.66. The molecule has 1 aromatic heterocycles. The molecular formula is C8H14N2O2S. The highest BCUT2D eigenvalue weighted by molar-refractivity contribution is 7.99. The van der Waals surface area contributed by atoms with Crippen LogP contribution >= 0.6 is 11.8 Å². The summed E-state index contributed by atoms with van der Waals surface area (Å²) >= 11 is 1.74. The topological polar surface area (TPSA) is 59.2 Å². The van der Waals surface area contributed by atoms with Crippen LogP contribution in [0.25, 0.3) is 0 Å². The van der Waals surface area contributed by atoms with Gasteiger partial charge in [0.2, 0.25) is 0 Å². The number of thioether (sulfide) groups is 1. The highest BCUT2D eigenvalue weighted by Gasteiger charge is 2.13. The number of aromatic nitrogens is 2. The molecule has 1 aromatic rings. The molecule has 0 spiro atoms. The minimum Gasteiger partial charge on any atom is -0.387 e. The monoisotopic (exact) mass is 202 g/mol. The first-order chi connectivity index (χ1) is 6.01. The van der Waals surface area contributed by atoms with Gasteiger partial charge in [-0.15, -0.1) is 11.8 Å². The van der Waals surface area contributed by atoms with Crippen LogP contribution in [0.1, 0.15) is 32.5 Å². The average Bonchev–Trinajstić information content (AvgIpc) is 2.47. The minimum atomic E-state index is -0.187. The molecule has 0 atom stereocenters. The predicted molar refractivity (Wildman–Crippen MR) is 51.3 cm³/mol. The molecule has 0 aliphatic rings. The molecule has 0 unspecified atom stereocenters. The molecule has 74 valence electrons. The molecule has 0 radical (unpaired) electrons. The van der Waals surface area contributed by atoms with Gasteiger partial charge in [-0.25, -0.2) is 0 Å². The fourth-order valence-electron chi connectivity index (χ4n) is 0.694. The van der Waals surface area contributed by atoms with Crippen LogP contribution in [0.5, 0.6) is 0 Å². The largest absolute Gasteiger partial charge is 0.387 e. The molecule has 0 amide bonds. The van der Waals surface area contributed by atoms with E-state index in [-0.39, 0.29) is 17.2 Å². The number of hydrogen-bond acceptors (Lipinski definition) is 5. The van der Waals surface area contributed by atoms with Gasteiger partial charge in [-0.3, -0.25) is 0 Å². The molecule has 0 saturated carbocycles. The van der Waals surface area contributed by atoms with Gasteiger partial charge in [0.05, 0.1) is 5.75 Å². The summed E-state index contributed by atoms with van der Waals surface area (Å²) in [5.74, 6) is 1.64. The Morgan fingerprint density at radius 2 is 2.15 bits per heavy atom. The van der Waals surface area contributed by atoms with E-state index in [1.165, 1.54) is 0 Å². The standard InChI is InChI=1S/C8H14N2O2S/c1-8(2,3)13-5-6-9-7(4-11)12-10-6/h11H,4-5H2,1-3H3. The lowest BCUT2D eigenvalue weighted by Gasteiger charge is -2.15. The Morgan fingerprint density at radius 3 is 2.62 bits per heavy atom. The van der Waals surface area contributed by atoms with Crippen LogP contribution in [-0.2, 0) is 12.4 Å². The minimum absolute atomic E-state index is 0.187. The van der Waals surface area contributed by atoms with E-state index in [0.29, 0.717) is 11.6 Å². The molecule has 4 nitrogen and oxygen atoms in total. The molecule has 1 heterocycles. The maximum atomic E-state index is 8.68. The lowest BCUT2D eigenvalue weighted by Crippen LogP contribution is -2.07. The van der Waals surface area contributed by atoms with E-state index in [1.54, 1.807) is 11.8 Å². The first-order valence-electron chi connectivity index (χ1n) is 4.07. The first-order valence-corrected chi connectivity index (χ1v) is 5.06. The van der Waals surface area contributed by atoms with E-state index in [2.05, 4.69) is 30.9 Å². The summed E-state index contributed by atoms with van der Waals surface area (Å²) in [4.78, 5) is 3.98. The number of aliphatic hydroxyl groups is 1. The Bertz CT molecular complexity index is 267. The second kappa shape index (κ2) is 4.11. The third kappa shape index (κ3) is 3.78. The van der Waals surface area contributed by atoms with Crippen LogP contribution in [0.3, 0.4) is 0 Å². The normalized spacial score (nSPS) is 12.0. The third-order valence-corrected chi connectivity index (χ3v) is 2.55. The highest BCUT2D eigenvalue weighted by atomic mass is 32.2. The van der Waals surface area contributed by atoms with Crippen LogP contribution in [0.4, 0.5) is 0 Å². The van der Waals surface area contributed by atoms with Crippen molar-refractivity contribution in [1.82, 2.24) is 10.1 Å². The number of rotatable bonds is 3. The fraction of sp³-hybridized carbons (Fsp3) is 0.750. The summed E-state index contributed by atoms with van der Waals surface area (Å²) in [5.41, 5.74) is 0. The Kier molecular flexibility index (Phi) is 3.33. The van der Waals surface area contributed by atoms with Crippen LogP contribution in [0, 0.1) is 0 Å². The van der Waals surface area contributed by atoms with Crippen molar-refractivity contribution in [3.8, 4) is 0 Å². The summed E-state index contributed by atoms with van der Waals surface area (Å²) in [7, 11) is 0. The van der Waals surface area contributed by atoms with Gasteiger partial charge in [-0.1, -0.05) is 25.9 Å². The molecular weight excluding hydrogens is 188 g/mol. The molecule has 0 aliphatic carbocycles. The van der Waals surface area contributed by atoms with Gasteiger partial charge in [-0.05, 0) is 0 Å². The number of hydrogen-bond donors (Lipinski definition) is 1. The molecule has 5 heteroatoms. The maximum Gasteiger partial charge on any atom is 0.252 e. The molecule has 1 N–H and O–H groups in total. The molecule has 0 bridgehead atoms. The zero-order chi connectivity index (χ0) is 9.90. The van der Waals surface area contributed by atoms with Gasteiger partial charge < -0.3 is 9.63 Å². The van der Waals surface area contributed by atoms with Gasteiger partial charge in [0.1, 0.15) is 6.61 Å². The van der Waals surface area contributed by atoms with Gasteiger partial charge in [0.25, 0.3) is 5.89 Å². The molecule has 0 aromatic carbocycles. The van der Waals surface area contributed by atoms with Gasteiger partial charge >= 0.3 is 0 Å². The van der Waals surface area contributed by atoms with Crippen LogP contribution in [-0.4, -0.2) is 20.0 Å². The highest BCUT2D eigenvalue weighted by Crippen LogP contribution is 2.25.